The van der Waals surface area contributed by atoms with Gasteiger partial charge in [0.2, 0.25) is 0 Å². The summed E-state index contributed by atoms with van der Waals surface area (Å²) in [6.07, 6.45) is 1.06. The average molecular weight is 420 g/mol. The van der Waals surface area contributed by atoms with Crippen LogP contribution < -0.4 is 9.47 Å². The van der Waals surface area contributed by atoms with Gasteiger partial charge in [-0.3, -0.25) is 0 Å². The first-order valence-corrected chi connectivity index (χ1v) is 8.77. The molecule has 1 aromatic heterocycles. The molecule has 1 aromatic carbocycles. The number of hydrogen-bond donors (Lipinski definition) is 0. The van der Waals surface area contributed by atoms with E-state index in [1.807, 2.05) is 23.5 Å². The molecule has 0 aliphatic carbocycles. The highest BCUT2D eigenvalue weighted by Crippen LogP contribution is 2.43. The van der Waals surface area contributed by atoms with Crippen LogP contribution >= 0.6 is 43.2 Å². The second-order valence-corrected chi connectivity index (χ2v) is 7.22. The minimum atomic E-state index is 0.102. The first-order valence-electron chi connectivity index (χ1n) is 6.24. The van der Waals surface area contributed by atoms with Crippen LogP contribution in [0, 0.1) is 0 Å². The quantitative estimate of drug-likeness (QED) is 0.589. The topological polar surface area (TPSA) is 18.5 Å². The molecule has 0 fully saturated rings. The Bertz CT molecular complexity index is 596. The average Bonchev–Trinajstić information content (AvgIpc) is 2.95. The van der Waals surface area contributed by atoms with Crippen LogP contribution in [0.3, 0.4) is 0 Å². The molecule has 0 amide bonds. The highest BCUT2D eigenvalue weighted by Gasteiger charge is 2.19. The van der Waals surface area contributed by atoms with E-state index < -0.39 is 0 Å². The lowest BCUT2D eigenvalue weighted by Gasteiger charge is -2.15. The zero-order valence-electron chi connectivity index (χ0n) is 11.6. The highest BCUT2D eigenvalue weighted by atomic mass is 79.9. The van der Waals surface area contributed by atoms with Gasteiger partial charge in [-0.05, 0) is 46.6 Å². The van der Waals surface area contributed by atoms with Crippen LogP contribution in [0.1, 0.15) is 27.1 Å². The van der Waals surface area contributed by atoms with E-state index in [0.29, 0.717) is 0 Å². The molecule has 0 saturated heterocycles. The number of rotatable bonds is 5. The molecular weight excluding hydrogens is 404 g/mol. The molecule has 0 spiro atoms. The molecule has 0 aliphatic heterocycles. The number of aryl methyl sites for hydroxylation is 1. The molecule has 2 aromatic rings. The van der Waals surface area contributed by atoms with E-state index in [2.05, 4.69) is 50.9 Å². The molecule has 20 heavy (non-hydrogen) atoms. The number of hydrogen-bond acceptors (Lipinski definition) is 3. The Morgan fingerprint density at radius 1 is 1.15 bits per heavy atom. The maximum atomic E-state index is 5.49. The number of halogens is 2. The Kier molecular flexibility index (Phi) is 5.52. The normalized spacial score (nSPS) is 12.2. The first kappa shape index (κ1) is 15.9. The van der Waals surface area contributed by atoms with Crippen LogP contribution in [-0.4, -0.2) is 14.2 Å². The number of methoxy groups -OCH3 is 2. The molecule has 0 N–H and O–H groups in total. The van der Waals surface area contributed by atoms with Crippen molar-refractivity contribution >= 4 is 43.2 Å². The van der Waals surface area contributed by atoms with Gasteiger partial charge in [0.1, 0.15) is 11.5 Å². The lowest BCUT2D eigenvalue weighted by molar-refractivity contribution is 0.397. The van der Waals surface area contributed by atoms with Crippen LogP contribution in [0.2, 0.25) is 0 Å². The van der Waals surface area contributed by atoms with Crippen LogP contribution in [-0.2, 0) is 6.42 Å². The van der Waals surface area contributed by atoms with Gasteiger partial charge in [-0.1, -0.05) is 22.9 Å². The summed E-state index contributed by atoms with van der Waals surface area (Å²) in [4.78, 5) is 2.75. The number of alkyl halides is 1. The van der Waals surface area contributed by atoms with Crippen molar-refractivity contribution in [1.29, 1.82) is 0 Å². The fourth-order valence-electron chi connectivity index (χ4n) is 1.96. The molecule has 0 radical (unpaired) electrons. The third-order valence-corrected chi connectivity index (χ3v) is 6.26. The SMILES string of the molecule is CCc1ccc(C(Br)c2cc(OC)c(Br)cc2OC)s1. The van der Waals surface area contributed by atoms with E-state index >= 15 is 0 Å². The van der Waals surface area contributed by atoms with Crippen molar-refractivity contribution in [2.24, 2.45) is 0 Å². The molecule has 0 bridgehead atoms. The molecule has 2 rings (SSSR count). The predicted molar refractivity (Wildman–Crippen MR) is 91.7 cm³/mol. The molecule has 108 valence electrons. The summed E-state index contributed by atoms with van der Waals surface area (Å²) in [5, 5.41) is 0. The van der Waals surface area contributed by atoms with Gasteiger partial charge in [-0.2, -0.15) is 0 Å². The predicted octanol–water partition coefficient (Wildman–Crippen LogP) is 5.57. The Balaban J connectivity index is 2.44. The maximum Gasteiger partial charge on any atom is 0.133 e. The Hall–Kier alpha value is -0.520. The van der Waals surface area contributed by atoms with Gasteiger partial charge in [-0.15, -0.1) is 11.3 Å². The summed E-state index contributed by atoms with van der Waals surface area (Å²) in [6.45, 7) is 2.17. The van der Waals surface area contributed by atoms with E-state index in [1.54, 1.807) is 14.2 Å². The van der Waals surface area contributed by atoms with Crippen LogP contribution in [0.5, 0.6) is 11.5 Å². The number of benzene rings is 1. The smallest absolute Gasteiger partial charge is 0.133 e. The summed E-state index contributed by atoms with van der Waals surface area (Å²) >= 11 is 9.08. The summed E-state index contributed by atoms with van der Waals surface area (Å²) < 4.78 is 11.8. The fraction of sp³-hybridized carbons (Fsp3) is 0.333. The van der Waals surface area contributed by atoms with Gasteiger partial charge >= 0.3 is 0 Å². The highest BCUT2D eigenvalue weighted by molar-refractivity contribution is 9.10. The molecule has 1 heterocycles. The molecule has 2 nitrogen and oxygen atoms in total. The van der Waals surface area contributed by atoms with E-state index in [9.17, 15) is 0 Å². The third-order valence-electron chi connectivity index (χ3n) is 3.06. The third kappa shape index (κ3) is 3.21. The van der Waals surface area contributed by atoms with Gasteiger partial charge in [0.05, 0.1) is 23.5 Å². The van der Waals surface area contributed by atoms with Gasteiger partial charge in [0, 0.05) is 15.3 Å². The first-order chi connectivity index (χ1) is 9.60. The maximum absolute atomic E-state index is 5.49. The van der Waals surface area contributed by atoms with Crippen molar-refractivity contribution < 1.29 is 9.47 Å². The second kappa shape index (κ2) is 6.96. The van der Waals surface area contributed by atoms with Crippen LogP contribution in [0.25, 0.3) is 0 Å². The zero-order valence-corrected chi connectivity index (χ0v) is 15.6. The Labute approximate surface area is 140 Å². The van der Waals surface area contributed by atoms with Gasteiger partial charge in [0.15, 0.2) is 0 Å². The lowest BCUT2D eigenvalue weighted by atomic mass is 10.1. The van der Waals surface area contributed by atoms with Gasteiger partial charge < -0.3 is 9.47 Å². The molecular formula is C15H16Br2O2S. The van der Waals surface area contributed by atoms with E-state index in [0.717, 1.165) is 28.0 Å². The van der Waals surface area contributed by atoms with Crippen molar-refractivity contribution in [1.82, 2.24) is 0 Å². The largest absolute Gasteiger partial charge is 0.496 e. The van der Waals surface area contributed by atoms with Crippen molar-refractivity contribution in [3.05, 3.63) is 44.1 Å². The Morgan fingerprint density at radius 3 is 2.40 bits per heavy atom. The Morgan fingerprint density at radius 2 is 1.85 bits per heavy atom. The van der Waals surface area contributed by atoms with Crippen molar-refractivity contribution in [2.75, 3.05) is 14.2 Å². The minimum Gasteiger partial charge on any atom is -0.496 e. The van der Waals surface area contributed by atoms with E-state index in [4.69, 9.17) is 9.47 Å². The lowest BCUT2D eigenvalue weighted by Crippen LogP contribution is -1.97. The van der Waals surface area contributed by atoms with Crippen LogP contribution in [0.15, 0.2) is 28.7 Å². The molecule has 1 atom stereocenters. The molecule has 1 unspecified atom stereocenters. The van der Waals surface area contributed by atoms with Gasteiger partial charge in [-0.25, -0.2) is 0 Å². The van der Waals surface area contributed by atoms with Crippen LogP contribution in [0.4, 0.5) is 0 Å². The minimum absolute atomic E-state index is 0.102. The number of thiophene rings is 1. The van der Waals surface area contributed by atoms with E-state index in [1.165, 1.54) is 9.75 Å². The second-order valence-electron chi connectivity index (χ2n) is 4.25. The van der Waals surface area contributed by atoms with Crippen molar-refractivity contribution in [3.63, 3.8) is 0 Å². The summed E-state index contributed by atoms with van der Waals surface area (Å²) in [7, 11) is 3.35. The monoisotopic (exact) mass is 418 g/mol. The molecule has 0 saturated carbocycles. The summed E-state index contributed by atoms with van der Waals surface area (Å²) in [5.74, 6) is 1.64. The molecule has 0 aliphatic rings. The molecule has 5 heteroatoms. The summed E-state index contributed by atoms with van der Waals surface area (Å²) in [6, 6.07) is 8.29. The standard InChI is InChI=1S/C15H16Br2O2S/c1-4-9-5-6-14(20-9)15(17)10-7-13(19-3)11(16)8-12(10)18-2/h5-8,15H,4H2,1-3H3. The fourth-order valence-corrected chi connectivity index (χ4v) is 4.18. The zero-order chi connectivity index (χ0) is 14.7. The van der Waals surface area contributed by atoms with Gasteiger partial charge in [0.25, 0.3) is 0 Å². The van der Waals surface area contributed by atoms with Crippen molar-refractivity contribution in [2.45, 2.75) is 18.2 Å². The number of ether oxygens (including phenoxy) is 2. The van der Waals surface area contributed by atoms with Crippen molar-refractivity contribution in [3.8, 4) is 11.5 Å². The summed E-state index contributed by atoms with van der Waals surface area (Å²) in [5.41, 5.74) is 1.07. The van der Waals surface area contributed by atoms with E-state index in [-0.39, 0.29) is 4.83 Å².